The van der Waals surface area contributed by atoms with Gasteiger partial charge in [-0.05, 0) is 24.3 Å². The summed E-state index contributed by atoms with van der Waals surface area (Å²) in [7, 11) is 0. The molecule has 0 saturated heterocycles. The third-order valence-electron chi connectivity index (χ3n) is 2.65. The third kappa shape index (κ3) is 3.45. The zero-order valence-corrected chi connectivity index (χ0v) is 11.8. The van der Waals surface area contributed by atoms with Gasteiger partial charge < -0.3 is 10.5 Å². The van der Waals surface area contributed by atoms with E-state index in [2.05, 4.69) is 15.9 Å². The lowest BCUT2D eigenvalue weighted by Gasteiger charge is -2.14. The van der Waals surface area contributed by atoms with Gasteiger partial charge in [0.15, 0.2) is 0 Å². The zero-order valence-electron chi connectivity index (χ0n) is 10.2. The van der Waals surface area contributed by atoms with Crippen LogP contribution in [-0.4, -0.2) is 0 Å². The van der Waals surface area contributed by atoms with Gasteiger partial charge in [0.25, 0.3) is 0 Å². The highest BCUT2D eigenvalue weighted by atomic mass is 79.9. The Hall–Kier alpha value is -1.69. The molecule has 0 heterocycles. The molecule has 0 aromatic heterocycles. The molecule has 0 aliphatic carbocycles. The molecule has 2 nitrogen and oxygen atoms in total. The Labute approximate surface area is 122 Å². The molecule has 0 spiro atoms. The number of hydrogen-bond donors (Lipinski definition) is 1. The summed E-state index contributed by atoms with van der Waals surface area (Å²) in [6.07, 6.45) is -4.44. The maximum Gasteiger partial charge on any atom is 0.419 e. The van der Waals surface area contributed by atoms with E-state index in [4.69, 9.17) is 10.5 Å². The van der Waals surface area contributed by atoms with Crippen molar-refractivity contribution >= 4 is 21.6 Å². The molecule has 0 saturated carbocycles. The highest BCUT2D eigenvalue weighted by Gasteiger charge is 2.33. The number of ether oxygens (including phenoxy) is 1. The van der Waals surface area contributed by atoms with Crippen molar-refractivity contribution < 1.29 is 17.9 Å². The van der Waals surface area contributed by atoms with E-state index in [0.717, 1.165) is 11.6 Å². The van der Waals surface area contributed by atoms with Crippen molar-refractivity contribution in [2.45, 2.75) is 12.8 Å². The van der Waals surface area contributed by atoms with E-state index in [1.54, 1.807) is 18.2 Å². The molecule has 6 heteroatoms. The van der Waals surface area contributed by atoms with Gasteiger partial charge in [-0.1, -0.05) is 34.1 Å². The number of alkyl halides is 3. The Morgan fingerprint density at radius 3 is 2.45 bits per heavy atom. The monoisotopic (exact) mass is 345 g/mol. The number of rotatable bonds is 3. The zero-order chi connectivity index (χ0) is 14.8. The van der Waals surface area contributed by atoms with Crippen LogP contribution >= 0.6 is 15.9 Å². The second-order valence-corrected chi connectivity index (χ2v) is 4.99. The summed E-state index contributed by atoms with van der Waals surface area (Å²) in [6.45, 7) is 0.0218. The van der Waals surface area contributed by atoms with Crippen LogP contribution in [-0.2, 0) is 12.8 Å². The minimum atomic E-state index is -4.44. The summed E-state index contributed by atoms with van der Waals surface area (Å²) in [4.78, 5) is 0. The Morgan fingerprint density at radius 1 is 1.10 bits per heavy atom. The van der Waals surface area contributed by atoms with Gasteiger partial charge in [0, 0.05) is 15.7 Å². The lowest BCUT2D eigenvalue weighted by atomic mass is 10.2. The van der Waals surface area contributed by atoms with Crippen LogP contribution in [0.4, 0.5) is 18.9 Å². The second-order valence-electron chi connectivity index (χ2n) is 4.13. The molecule has 2 rings (SSSR count). The van der Waals surface area contributed by atoms with Crippen molar-refractivity contribution in [2.24, 2.45) is 0 Å². The van der Waals surface area contributed by atoms with Gasteiger partial charge in [0.1, 0.15) is 12.4 Å². The molecule has 0 aliphatic rings. The predicted molar refractivity (Wildman–Crippen MR) is 74.3 cm³/mol. The maximum absolute atomic E-state index is 12.8. The Balaban J connectivity index is 2.19. The van der Waals surface area contributed by atoms with Gasteiger partial charge >= 0.3 is 6.18 Å². The number of benzene rings is 2. The van der Waals surface area contributed by atoms with E-state index >= 15 is 0 Å². The summed E-state index contributed by atoms with van der Waals surface area (Å²) >= 11 is 3.30. The normalized spacial score (nSPS) is 11.4. The first-order chi connectivity index (χ1) is 9.38. The van der Waals surface area contributed by atoms with Crippen molar-refractivity contribution in [1.82, 2.24) is 0 Å². The molecule has 2 aromatic rings. The molecule has 0 bridgehead atoms. The Morgan fingerprint density at radius 2 is 1.80 bits per heavy atom. The minimum absolute atomic E-state index is 0.0218. The average Bonchev–Trinajstić information content (AvgIpc) is 2.37. The molecule has 0 aliphatic heterocycles. The molecule has 2 N–H and O–H groups in total. The van der Waals surface area contributed by atoms with Crippen LogP contribution in [0, 0.1) is 0 Å². The number of hydrogen-bond acceptors (Lipinski definition) is 2. The highest BCUT2D eigenvalue weighted by molar-refractivity contribution is 9.10. The smallest absolute Gasteiger partial charge is 0.419 e. The van der Waals surface area contributed by atoms with Gasteiger partial charge in [-0.25, -0.2) is 0 Å². The molecule has 0 unspecified atom stereocenters. The molecule has 0 radical (unpaired) electrons. The number of para-hydroxylation sites is 1. The van der Waals surface area contributed by atoms with Gasteiger partial charge in [-0.15, -0.1) is 0 Å². The Bertz CT molecular complexity index is 614. The molecule has 0 fully saturated rings. The fraction of sp³-hybridized carbons (Fsp3) is 0.143. The van der Waals surface area contributed by atoms with Crippen LogP contribution in [0.5, 0.6) is 5.75 Å². The Kier molecular flexibility index (Phi) is 4.23. The maximum atomic E-state index is 12.8. The van der Waals surface area contributed by atoms with Crippen molar-refractivity contribution in [1.29, 1.82) is 0 Å². The van der Waals surface area contributed by atoms with Crippen LogP contribution < -0.4 is 10.5 Å². The van der Waals surface area contributed by atoms with Gasteiger partial charge in [0.2, 0.25) is 0 Å². The topological polar surface area (TPSA) is 35.2 Å². The summed E-state index contributed by atoms with van der Waals surface area (Å²) < 4.78 is 44.4. The molecule has 0 atom stereocenters. The highest BCUT2D eigenvalue weighted by Crippen LogP contribution is 2.36. The second kappa shape index (κ2) is 5.75. The van der Waals surface area contributed by atoms with E-state index in [1.807, 2.05) is 0 Å². The van der Waals surface area contributed by atoms with Crippen molar-refractivity contribution in [3.8, 4) is 5.75 Å². The van der Waals surface area contributed by atoms with Crippen LogP contribution in [0.2, 0.25) is 0 Å². The molecule has 20 heavy (non-hydrogen) atoms. The third-order valence-corrected chi connectivity index (χ3v) is 3.39. The molecule has 0 amide bonds. The van der Waals surface area contributed by atoms with E-state index in [0.29, 0.717) is 10.2 Å². The fourth-order valence-electron chi connectivity index (χ4n) is 1.66. The van der Waals surface area contributed by atoms with Crippen LogP contribution in [0.1, 0.15) is 11.1 Å². The number of nitrogens with two attached hydrogens (primary N) is 1. The van der Waals surface area contributed by atoms with Crippen molar-refractivity contribution in [3.05, 3.63) is 58.1 Å². The number of anilines is 1. The lowest BCUT2D eigenvalue weighted by Crippen LogP contribution is -2.08. The van der Waals surface area contributed by atoms with Gasteiger partial charge in [-0.2, -0.15) is 13.2 Å². The quantitative estimate of drug-likeness (QED) is 0.823. The first-order valence-corrected chi connectivity index (χ1v) is 6.50. The minimum Gasteiger partial charge on any atom is -0.488 e. The lowest BCUT2D eigenvalue weighted by molar-refractivity contribution is -0.139. The standard InChI is InChI=1S/C14H11BrF3NO/c15-12-7-10(19)6-5-9(12)8-20-13-4-2-1-3-11(13)14(16,17)18/h1-7H,8,19H2. The van der Waals surface area contributed by atoms with Crippen LogP contribution in [0.15, 0.2) is 46.9 Å². The van der Waals surface area contributed by atoms with Crippen LogP contribution in [0.3, 0.4) is 0 Å². The number of halogens is 4. The predicted octanol–water partition coefficient (Wildman–Crippen LogP) is 4.63. The summed E-state index contributed by atoms with van der Waals surface area (Å²) in [5.41, 5.74) is 6.10. The molecular weight excluding hydrogens is 335 g/mol. The fourth-order valence-corrected chi connectivity index (χ4v) is 2.17. The van der Waals surface area contributed by atoms with Gasteiger partial charge in [-0.3, -0.25) is 0 Å². The van der Waals surface area contributed by atoms with E-state index < -0.39 is 11.7 Å². The van der Waals surface area contributed by atoms with Crippen molar-refractivity contribution in [2.75, 3.05) is 5.73 Å². The summed E-state index contributed by atoms with van der Waals surface area (Å²) in [5, 5.41) is 0. The van der Waals surface area contributed by atoms with Gasteiger partial charge in [0.05, 0.1) is 5.56 Å². The largest absolute Gasteiger partial charge is 0.488 e. The number of nitrogen functional groups attached to an aromatic ring is 1. The van der Waals surface area contributed by atoms with E-state index in [-0.39, 0.29) is 12.4 Å². The van der Waals surface area contributed by atoms with E-state index in [1.165, 1.54) is 18.2 Å². The van der Waals surface area contributed by atoms with Crippen molar-refractivity contribution in [3.63, 3.8) is 0 Å². The van der Waals surface area contributed by atoms with E-state index in [9.17, 15) is 13.2 Å². The SMILES string of the molecule is Nc1ccc(COc2ccccc2C(F)(F)F)c(Br)c1. The first-order valence-electron chi connectivity index (χ1n) is 5.71. The summed E-state index contributed by atoms with van der Waals surface area (Å²) in [5.74, 6) is -0.191. The molecule has 106 valence electrons. The summed E-state index contributed by atoms with van der Waals surface area (Å²) in [6, 6.07) is 10.2. The molecule has 2 aromatic carbocycles. The molecular formula is C14H11BrF3NO. The average molecular weight is 346 g/mol. The van der Waals surface area contributed by atoms with Crippen LogP contribution in [0.25, 0.3) is 0 Å². The first kappa shape index (κ1) is 14.7.